The van der Waals surface area contributed by atoms with E-state index in [0.717, 1.165) is 45.9 Å². The van der Waals surface area contributed by atoms with Crippen LogP contribution in [-0.2, 0) is 4.74 Å². The van der Waals surface area contributed by atoms with E-state index >= 15 is 0 Å². The van der Waals surface area contributed by atoms with E-state index in [4.69, 9.17) is 15.2 Å². The van der Waals surface area contributed by atoms with Crippen LogP contribution in [0.4, 0.5) is 17.1 Å². The summed E-state index contributed by atoms with van der Waals surface area (Å²) in [6, 6.07) is 7.94. The van der Waals surface area contributed by atoms with Crippen LogP contribution in [0.2, 0.25) is 0 Å². The molecule has 0 radical (unpaired) electrons. The Labute approximate surface area is 171 Å². The molecule has 0 aliphatic carbocycles. The molecule has 3 N–H and O–H groups in total. The van der Waals surface area contributed by atoms with Crippen LogP contribution in [0.5, 0.6) is 5.75 Å². The number of ether oxygens (including phenoxy) is 2. The molecular weight excluding hydrogens is 364 g/mol. The number of methoxy groups -OCH3 is 1. The lowest BCUT2D eigenvalue weighted by atomic mass is 10.1. The highest BCUT2D eigenvalue weighted by Gasteiger charge is 2.13. The summed E-state index contributed by atoms with van der Waals surface area (Å²) in [5, 5.41) is 7.92. The largest absolute Gasteiger partial charge is 0.505 e. The Bertz CT molecular complexity index is 1020. The van der Waals surface area contributed by atoms with Crippen molar-refractivity contribution in [1.29, 1.82) is 0 Å². The molecule has 29 heavy (non-hydrogen) atoms. The van der Waals surface area contributed by atoms with Crippen molar-refractivity contribution in [3.05, 3.63) is 72.3 Å². The molecule has 3 rings (SSSR count). The number of nitrogens with two attached hydrogens (primary N) is 1. The highest BCUT2D eigenvalue weighted by atomic mass is 16.5. The first-order valence-corrected chi connectivity index (χ1v) is 9.61. The van der Waals surface area contributed by atoms with Crippen molar-refractivity contribution in [2.45, 2.75) is 33.3 Å². The monoisotopic (exact) mass is 392 g/mol. The number of aryl methyl sites for hydroxylation is 2. The number of hydrogen-bond donors (Lipinski definition) is 2. The van der Waals surface area contributed by atoms with Crippen LogP contribution < -0.4 is 15.8 Å². The van der Waals surface area contributed by atoms with Gasteiger partial charge in [0.15, 0.2) is 0 Å². The van der Waals surface area contributed by atoms with Crippen molar-refractivity contribution in [1.82, 2.24) is 9.61 Å². The molecule has 0 saturated heterocycles. The Morgan fingerprint density at radius 3 is 2.69 bits per heavy atom. The zero-order chi connectivity index (χ0) is 20.8. The molecule has 0 aliphatic rings. The number of nitrogens with one attached hydrogen (secondary N) is 1. The van der Waals surface area contributed by atoms with Gasteiger partial charge in [-0.05, 0) is 62.8 Å². The van der Waals surface area contributed by atoms with Crippen LogP contribution in [-0.4, -0.2) is 22.8 Å². The van der Waals surface area contributed by atoms with Crippen molar-refractivity contribution < 1.29 is 9.47 Å². The van der Waals surface area contributed by atoms with Gasteiger partial charge < -0.3 is 20.5 Å². The maximum Gasteiger partial charge on any atom is 0.120 e. The minimum Gasteiger partial charge on any atom is -0.505 e. The average Bonchev–Trinajstić information content (AvgIpc) is 3.00. The van der Waals surface area contributed by atoms with E-state index in [1.165, 1.54) is 0 Å². The summed E-state index contributed by atoms with van der Waals surface area (Å²) in [4.78, 5) is 0. The molecule has 6 nitrogen and oxygen atoms in total. The van der Waals surface area contributed by atoms with E-state index in [9.17, 15) is 0 Å². The molecule has 1 aromatic carbocycles. The maximum atomic E-state index is 6.08. The third-order valence-corrected chi connectivity index (χ3v) is 4.70. The van der Waals surface area contributed by atoms with Gasteiger partial charge >= 0.3 is 0 Å². The number of fused-ring (bicyclic) bond motifs is 1. The van der Waals surface area contributed by atoms with Gasteiger partial charge in [-0.25, -0.2) is 4.52 Å². The number of benzene rings is 1. The van der Waals surface area contributed by atoms with E-state index in [0.29, 0.717) is 0 Å². The molecule has 3 aromatic rings. The molecule has 2 heterocycles. The molecule has 1 unspecified atom stereocenters. The summed E-state index contributed by atoms with van der Waals surface area (Å²) in [7, 11) is 1.63. The number of rotatable bonds is 8. The van der Waals surface area contributed by atoms with Crippen LogP contribution in [0.15, 0.2) is 61.1 Å². The normalized spacial score (nSPS) is 12.7. The van der Waals surface area contributed by atoms with Crippen molar-refractivity contribution in [2.75, 3.05) is 18.2 Å². The van der Waals surface area contributed by atoms with Crippen molar-refractivity contribution in [2.24, 2.45) is 0 Å². The third-order valence-electron chi connectivity index (χ3n) is 4.70. The number of anilines is 3. The SMILES string of the molecule is C/C=C\C(C/C=C/OC)Oc1ccc(Nc2c(C)cnn3cc(N)c(C)c23)cc1. The molecule has 0 fully saturated rings. The van der Waals surface area contributed by atoms with Crippen LogP contribution >= 0.6 is 0 Å². The first-order chi connectivity index (χ1) is 14.0. The number of nitrogen functional groups attached to an aromatic ring is 1. The van der Waals surface area contributed by atoms with Crippen LogP contribution in [0, 0.1) is 13.8 Å². The van der Waals surface area contributed by atoms with Crippen LogP contribution in [0.3, 0.4) is 0 Å². The lowest BCUT2D eigenvalue weighted by Gasteiger charge is -2.16. The molecule has 0 spiro atoms. The molecule has 0 aliphatic heterocycles. The van der Waals surface area contributed by atoms with E-state index in [1.54, 1.807) is 13.4 Å². The second kappa shape index (κ2) is 9.19. The van der Waals surface area contributed by atoms with Crippen LogP contribution in [0.25, 0.3) is 5.52 Å². The summed E-state index contributed by atoms with van der Waals surface area (Å²) >= 11 is 0. The minimum absolute atomic E-state index is 0.0429. The predicted molar refractivity (Wildman–Crippen MR) is 119 cm³/mol. The summed E-state index contributed by atoms with van der Waals surface area (Å²) in [5.41, 5.74) is 11.8. The van der Waals surface area contributed by atoms with E-state index in [-0.39, 0.29) is 6.10 Å². The standard InChI is InChI=1S/C23H28N4O2/c1-5-7-19(8-6-13-28-4)29-20-11-9-18(10-12-20)26-22-16(2)14-25-27-15-21(24)17(3)23(22)27/h5-7,9-15,19,26H,8,24H2,1-4H3/b7-5-,13-6+. The molecule has 0 amide bonds. The quantitative estimate of drug-likeness (QED) is 0.410. The smallest absolute Gasteiger partial charge is 0.120 e. The fourth-order valence-electron chi connectivity index (χ4n) is 3.16. The molecular formula is C23H28N4O2. The number of aromatic nitrogens is 2. The van der Waals surface area contributed by atoms with Gasteiger partial charge in [0.25, 0.3) is 0 Å². The molecule has 2 aromatic heterocycles. The molecule has 0 saturated carbocycles. The van der Waals surface area contributed by atoms with Crippen molar-refractivity contribution >= 4 is 22.6 Å². The predicted octanol–water partition coefficient (Wildman–Crippen LogP) is 5.15. The fraction of sp³-hybridized carbons (Fsp3) is 0.261. The van der Waals surface area contributed by atoms with Gasteiger partial charge in [0.2, 0.25) is 0 Å². The Balaban J connectivity index is 1.78. The lowest BCUT2D eigenvalue weighted by Crippen LogP contribution is -2.12. The number of allylic oxidation sites excluding steroid dienone is 1. The van der Waals surface area contributed by atoms with Gasteiger partial charge in [0, 0.05) is 17.7 Å². The highest BCUT2D eigenvalue weighted by Crippen LogP contribution is 2.31. The zero-order valence-corrected chi connectivity index (χ0v) is 17.3. The molecule has 0 bridgehead atoms. The Morgan fingerprint density at radius 1 is 1.24 bits per heavy atom. The Hall–Kier alpha value is -3.41. The molecule has 152 valence electrons. The van der Waals surface area contributed by atoms with Crippen molar-refractivity contribution in [3.8, 4) is 5.75 Å². The van der Waals surface area contributed by atoms with E-state index < -0.39 is 0 Å². The van der Waals surface area contributed by atoms with Gasteiger partial charge in [-0.3, -0.25) is 0 Å². The maximum absolute atomic E-state index is 6.08. The highest BCUT2D eigenvalue weighted by molar-refractivity contribution is 5.85. The summed E-state index contributed by atoms with van der Waals surface area (Å²) < 4.78 is 12.8. The van der Waals surface area contributed by atoms with E-state index in [1.807, 2.05) is 80.2 Å². The summed E-state index contributed by atoms with van der Waals surface area (Å²) in [5.74, 6) is 0.809. The van der Waals surface area contributed by atoms with Gasteiger partial charge in [-0.2, -0.15) is 5.10 Å². The number of nitrogens with zero attached hydrogens (tertiary/aromatic N) is 2. The van der Waals surface area contributed by atoms with Gasteiger partial charge in [-0.15, -0.1) is 0 Å². The molecule has 1 atom stereocenters. The second-order valence-electron chi connectivity index (χ2n) is 6.88. The van der Waals surface area contributed by atoms with Crippen molar-refractivity contribution in [3.63, 3.8) is 0 Å². The average molecular weight is 393 g/mol. The third kappa shape index (κ3) is 4.71. The summed E-state index contributed by atoms with van der Waals surface area (Å²) in [6.45, 7) is 6.02. The first kappa shape index (κ1) is 20.3. The summed E-state index contributed by atoms with van der Waals surface area (Å²) in [6.07, 6.45) is 12.0. The van der Waals surface area contributed by atoms with Crippen LogP contribution in [0.1, 0.15) is 24.5 Å². The minimum atomic E-state index is -0.0429. The number of hydrogen-bond acceptors (Lipinski definition) is 5. The first-order valence-electron chi connectivity index (χ1n) is 9.61. The molecule has 6 heteroatoms. The topological polar surface area (TPSA) is 73.8 Å². The second-order valence-corrected chi connectivity index (χ2v) is 6.88. The van der Waals surface area contributed by atoms with E-state index in [2.05, 4.69) is 10.4 Å². The zero-order valence-electron chi connectivity index (χ0n) is 17.3. The van der Waals surface area contributed by atoms with Gasteiger partial charge in [0.1, 0.15) is 11.9 Å². The van der Waals surface area contributed by atoms with Gasteiger partial charge in [-0.1, -0.05) is 6.08 Å². The Morgan fingerprint density at radius 2 is 2.00 bits per heavy atom. The fourth-order valence-corrected chi connectivity index (χ4v) is 3.16. The van der Waals surface area contributed by atoms with Gasteiger partial charge in [0.05, 0.1) is 42.7 Å². The lowest BCUT2D eigenvalue weighted by molar-refractivity contribution is 0.250. The Kier molecular flexibility index (Phi) is 6.44.